The molecule has 9 heteroatoms. The number of ether oxygens (including phenoxy) is 1. The van der Waals surface area contributed by atoms with E-state index in [0.29, 0.717) is 15.9 Å². The molecule has 0 spiro atoms. The molecule has 0 amide bonds. The highest BCUT2D eigenvalue weighted by atomic mass is 79.9. The molecule has 0 unspecified atom stereocenters. The maximum Gasteiger partial charge on any atom is 0.267 e. The van der Waals surface area contributed by atoms with E-state index in [1.165, 1.54) is 7.11 Å². The number of rotatable bonds is 4. The molecule has 102 valence electrons. The number of hydrogen-bond acceptors (Lipinski definition) is 5. The molecule has 1 heterocycles. The third-order valence-electron chi connectivity index (χ3n) is 2.33. The smallest absolute Gasteiger partial charge is 0.267 e. The summed E-state index contributed by atoms with van der Waals surface area (Å²) in [4.78, 5) is -0.116. The number of anilines is 2. The molecular weight excluding hydrogens is 336 g/mol. The summed E-state index contributed by atoms with van der Waals surface area (Å²) in [6, 6.07) is 4.97. The standard InChI is InChI=1S/C10H11BrN4O3S/c1-18-8-3-2-6(11)4-7(8)15-19(16,17)9-5-13-14-10(9)12/h2-5,15H,1H3,(H3,12,13,14). The largest absolute Gasteiger partial charge is 0.495 e. The minimum atomic E-state index is -3.82. The number of nitrogens with zero attached hydrogens (tertiary/aromatic N) is 1. The molecule has 0 fully saturated rings. The molecule has 0 aliphatic heterocycles. The summed E-state index contributed by atoms with van der Waals surface area (Å²) in [6.45, 7) is 0. The molecule has 0 radical (unpaired) electrons. The van der Waals surface area contributed by atoms with Gasteiger partial charge in [0.05, 0.1) is 19.0 Å². The van der Waals surface area contributed by atoms with Crippen molar-refractivity contribution in [2.75, 3.05) is 17.6 Å². The first-order valence-corrected chi connectivity index (χ1v) is 7.37. The van der Waals surface area contributed by atoms with Crippen LogP contribution in [0.5, 0.6) is 5.75 Å². The second-order valence-electron chi connectivity index (χ2n) is 3.60. The predicted octanol–water partition coefficient (Wildman–Crippen LogP) is 1.56. The average molecular weight is 347 g/mol. The van der Waals surface area contributed by atoms with E-state index in [-0.39, 0.29) is 10.7 Å². The summed E-state index contributed by atoms with van der Waals surface area (Å²) in [5.41, 5.74) is 5.81. The fraction of sp³-hybridized carbons (Fsp3) is 0.100. The Hall–Kier alpha value is -1.74. The zero-order valence-corrected chi connectivity index (χ0v) is 12.2. The third-order valence-corrected chi connectivity index (χ3v) is 4.21. The van der Waals surface area contributed by atoms with Crippen molar-refractivity contribution in [1.29, 1.82) is 0 Å². The number of sulfonamides is 1. The Bertz CT molecular complexity index is 699. The van der Waals surface area contributed by atoms with Crippen LogP contribution < -0.4 is 15.2 Å². The molecular formula is C10H11BrN4O3S. The van der Waals surface area contributed by atoms with E-state index in [2.05, 4.69) is 30.8 Å². The number of aromatic nitrogens is 2. The second kappa shape index (κ2) is 5.10. The van der Waals surface area contributed by atoms with Crippen LogP contribution in [0.1, 0.15) is 0 Å². The number of methoxy groups -OCH3 is 1. The topological polar surface area (TPSA) is 110 Å². The van der Waals surface area contributed by atoms with E-state index in [4.69, 9.17) is 10.5 Å². The number of nitrogens with one attached hydrogen (secondary N) is 2. The van der Waals surface area contributed by atoms with Crippen LogP contribution in [0, 0.1) is 0 Å². The van der Waals surface area contributed by atoms with Crippen LogP contribution in [0.4, 0.5) is 11.5 Å². The Morgan fingerprint density at radius 3 is 2.79 bits per heavy atom. The number of aromatic amines is 1. The molecule has 1 aromatic heterocycles. The lowest BCUT2D eigenvalue weighted by molar-refractivity contribution is 0.417. The molecule has 0 atom stereocenters. The van der Waals surface area contributed by atoms with Crippen LogP contribution in [0.3, 0.4) is 0 Å². The monoisotopic (exact) mass is 346 g/mol. The van der Waals surface area contributed by atoms with Gasteiger partial charge in [0.2, 0.25) is 0 Å². The van der Waals surface area contributed by atoms with Gasteiger partial charge in [-0.1, -0.05) is 15.9 Å². The van der Waals surface area contributed by atoms with Crippen LogP contribution >= 0.6 is 15.9 Å². The highest BCUT2D eigenvalue weighted by Gasteiger charge is 2.21. The average Bonchev–Trinajstić information content (AvgIpc) is 2.76. The Labute approximate surface area is 118 Å². The molecule has 1 aromatic carbocycles. The number of hydrogen-bond donors (Lipinski definition) is 3. The number of halogens is 1. The molecule has 0 saturated carbocycles. The fourth-order valence-corrected chi connectivity index (χ4v) is 2.91. The highest BCUT2D eigenvalue weighted by Crippen LogP contribution is 2.30. The van der Waals surface area contributed by atoms with Gasteiger partial charge in [0.1, 0.15) is 16.5 Å². The second-order valence-corrected chi connectivity index (χ2v) is 6.16. The number of nitrogens with two attached hydrogens (primary N) is 1. The molecule has 0 bridgehead atoms. The Kier molecular flexibility index (Phi) is 3.67. The van der Waals surface area contributed by atoms with Gasteiger partial charge in [-0.25, -0.2) is 8.42 Å². The zero-order valence-electron chi connectivity index (χ0n) is 9.84. The number of benzene rings is 1. The van der Waals surface area contributed by atoms with E-state index >= 15 is 0 Å². The van der Waals surface area contributed by atoms with Crippen molar-refractivity contribution >= 4 is 37.5 Å². The minimum Gasteiger partial charge on any atom is -0.495 e. The van der Waals surface area contributed by atoms with Crippen molar-refractivity contribution in [3.63, 3.8) is 0 Å². The van der Waals surface area contributed by atoms with E-state index in [1.54, 1.807) is 18.2 Å². The molecule has 0 aliphatic carbocycles. The van der Waals surface area contributed by atoms with Crippen LogP contribution in [0.15, 0.2) is 33.8 Å². The molecule has 2 rings (SSSR count). The molecule has 7 nitrogen and oxygen atoms in total. The minimum absolute atomic E-state index is 0.0264. The van der Waals surface area contributed by atoms with Gasteiger partial charge in [-0.3, -0.25) is 9.82 Å². The van der Waals surface area contributed by atoms with Crippen molar-refractivity contribution < 1.29 is 13.2 Å². The lowest BCUT2D eigenvalue weighted by atomic mass is 10.3. The predicted molar refractivity (Wildman–Crippen MR) is 74.5 cm³/mol. The quantitative estimate of drug-likeness (QED) is 0.778. The van der Waals surface area contributed by atoms with E-state index in [0.717, 1.165) is 6.20 Å². The van der Waals surface area contributed by atoms with Crippen LogP contribution in [0.2, 0.25) is 0 Å². The first kappa shape index (κ1) is 13.7. The molecule has 2 aromatic rings. The number of nitrogen functional groups attached to an aromatic ring is 1. The Morgan fingerprint density at radius 1 is 1.47 bits per heavy atom. The van der Waals surface area contributed by atoms with E-state index in [1.807, 2.05) is 0 Å². The lowest BCUT2D eigenvalue weighted by Gasteiger charge is -2.11. The van der Waals surface area contributed by atoms with Crippen LogP contribution in [0.25, 0.3) is 0 Å². The van der Waals surface area contributed by atoms with Gasteiger partial charge < -0.3 is 10.5 Å². The van der Waals surface area contributed by atoms with Crippen molar-refractivity contribution in [3.8, 4) is 5.75 Å². The van der Waals surface area contributed by atoms with E-state index < -0.39 is 10.0 Å². The summed E-state index contributed by atoms with van der Waals surface area (Å²) in [5.74, 6) is 0.371. The summed E-state index contributed by atoms with van der Waals surface area (Å²) in [7, 11) is -2.37. The Balaban J connectivity index is 2.41. The van der Waals surface area contributed by atoms with Crippen LogP contribution in [-0.4, -0.2) is 25.7 Å². The van der Waals surface area contributed by atoms with Crippen LogP contribution in [-0.2, 0) is 10.0 Å². The van der Waals surface area contributed by atoms with Gasteiger partial charge in [0.25, 0.3) is 10.0 Å². The SMILES string of the molecule is COc1ccc(Br)cc1NS(=O)(=O)c1cn[nH]c1N. The van der Waals surface area contributed by atoms with Gasteiger partial charge in [-0.15, -0.1) is 0 Å². The first-order chi connectivity index (χ1) is 8.94. The Morgan fingerprint density at radius 2 is 2.21 bits per heavy atom. The zero-order chi connectivity index (χ0) is 14.0. The fourth-order valence-electron chi connectivity index (χ4n) is 1.46. The van der Waals surface area contributed by atoms with Crippen molar-refractivity contribution in [2.45, 2.75) is 4.90 Å². The number of H-pyrrole nitrogens is 1. The first-order valence-electron chi connectivity index (χ1n) is 5.09. The molecule has 0 aliphatic rings. The normalized spacial score (nSPS) is 11.3. The molecule has 4 N–H and O–H groups in total. The summed E-state index contributed by atoms with van der Waals surface area (Å²) in [5, 5.41) is 5.95. The maximum absolute atomic E-state index is 12.1. The van der Waals surface area contributed by atoms with Gasteiger partial charge >= 0.3 is 0 Å². The third kappa shape index (κ3) is 2.82. The maximum atomic E-state index is 12.1. The van der Waals surface area contributed by atoms with E-state index in [9.17, 15) is 8.42 Å². The summed E-state index contributed by atoms with van der Waals surface area (Å²) < 4.78 is 32.5. The van der Waals surface area contributed by atoms with Gasteiger partial charge in [0, 0.05) is 4.47 Å². The molecule has 0 saturated heterocycles. The summed E-state index contributed by atoms with van der Waals surface area (Å²) >= 11 is 3.26. The van der Waals surface area contributed by atoms with Crippen molar-refractivity contribution in [2.24, 2.45) is 0 Å². The lowest BCUT2D eigenvalue weighted by Crippen LogP contribution is -2.14. The van der Waals surface area contributed by atoms with Crippen molar-refractivity contribution in [3.05, 3.63) is 28.9 Å². The van der Waals surface area contributed by atoms with Gasteiger partial charge in [-0.2, -0.15) is 5.10 Å². The molecule has 19 heavy (non-hydrogen) atoms. The summed E-state index contributed by atoms with van der Waals surface area (Å²) in [6.07, 6.45) is 1.14. The highest BCUT2D eigenvalue weighted by molar-refractivity contribution is 9.10. The van der Waals surface area contributed by atoms with Gasteiger partial charge in [0.15, 0.2) is 0 Å². The van der Waals surface area contributed by atoms with Gasteiger partial charge in [-0.05, 0) is 18.2 Å². The van der Waals surface area contributed by atoms with Crippen molar-refractivity contribution in [1.82, 2.24) is 10.2 Å².